The summed E-state index contributed by atoms with van der Waals surface area (Å²) in [7, 11) is 0. The van der Waals surface area contributed by atoms with Gasteiger partial charge in [-0.1, -0.05) is 38.1 Å². The van der Waals surface area contributed by atoms with Crippen molar-refractivity contribution in [1.29, 1.82) is 0 Å². The molecule has 0 aromatic heterocycles. The van der Waals surface area contributed by atoms with Crippen molar-refractivity contribution in [3.8, 4) is 11.5 Å². The maximum Gasteiger partial charge on any atom is 0.140 e. The highest BCUT2D eigenvalue weighted by molar-refractivity contribution is 14.1. The molecule has 0 amide bonds. The Balaban J connectivity index is 2.10. The molecule has 0 saturated heterocycles. The first-order chi connectivity index (χ1) is 9.74. The Morgan fingerprint density at radius 2 is 1.75 bits per heavy atom. The van der Waals surface area contributed by atoms with E-state index in [4.69, 9.17) is 4.74 Å². The van der Waals surface area contributed by atoms with E-state index in [1.165, 1.54) is 5.56 Å². The second-order valence-corrected chi connectivity index (χ2v) is 5.78. The van der Waals surface area contributed by atoms with Crippen LogP contribution in [0.5, 0.6) is 11.5 Å². The number of hydrogen-bond donors (Lipinski definition) is 1. The predicted molar refractivity (Wildman–Crippen MR) is 92.4 cm³/mol. The van der Waals surface area contributed by atoms with Crippen LogP contribution in [0.2, 0.25) is 0 Å². The zero-order chi connectivity index (χ0) is 14.4. The van der Waals surface area contributed by atoms with Crippen molar-refractivity contribution in [3.63, 3.8) is 0 Å². The van der Waals surface area contributed by atoms with Crippen molar-refractivity contribution in [2.45, 2.75) is 26.3 Å². The van der Waals surface area contributed by atoms with Gasteiger partial charge in [0, 0.05) is 6.04 Å². The molecule has 3 heteroatoms. The summed E-state index contributed by atoms with van der Waals surface area (Å²) in [6, 6.07) is 16.8. The summed E-state index contributed by atoms with van der Waals surface area (Å²) >= 11 is 2.29. The minimum absolute atomic E-state index is 0.422. The minimum Gasteiger partial charge on any atom is -0.456 e. The zero-order valence-corrected chi connectivity index (χ0v) is 14.1. The summed E-state index contributed by atoms with van der Waals surface area (Å²) in [6.45, 7) is 5.32. The molecule has 2 aromatic rings. The first-order valence-corrected chi connectivity index (χ1v) is 8.08. The third-order valence-electron chi connectivity index (χ3n) is 3.21. The summed E-state index contributed by atoms with van der Waals surface area (Å²) < 4.78 is 7.03. The lowest BCUT2D eigenvalue weighted by molar-refractivity contribution is 0.477. The van der Waals surface area contributed by atoms with Crippen LogP contribution in [0.4, 0.5) is 0 Å². The number of benzene rings is 2. The Morgan fingerprint density at radius 1 is 1.05 bits per heavy atom. The van der Waals surface area contributed by atoms with Gasteiger partial charge in [-0.25, -0.2) is 0 Å². The van der Waals surface area contributed by atoms with Crippen molar-refractivity contribution in [1.82, 2.24) is 5.32 Å². The maximum absolute atomic E-state index is 5.91. The second-order valence-electron chi connectivity index (χ2n) is 4.62. The molecular formula is C17H20INO. The van der Waals surface area contributed by atoms with Gasteiger partial charge < -0.3 is 10.1 Å². The summed E-state index contributed by atoms with van der Waals surface area (Å²) in [6.07, 6.45) is 1.09. The van der Waals surface area contributed by atoms with Crippen LogP contribution < -0.4 is 10.1 Å². The lowest BCUT2D eigenvalue weighted by atomic mass is 10.0. The minimum atomic E-state index is 0.422. The van der Waals surface area contributed by atoms with E-state index in [2.05, 4.69) is 53.9 Å². The number of halogens is 1. The molecule has 1 unspecified atom stereocenters. The van der Waals surface area contributed by atoms with E-state index in [1.807, 2.05) is 36.4 Å². The van der Waals surface area contributed by atoms with Gasteiger partial charge in [0.2, 0.25) is 0 Å². The van der Waals surface area contributed by atoms with Gasteiger partial charge >= 0.3 is 0 Å². The van der Waals surface area contributed by atoms with Gasteiger partial charge in [0.25, 0.3) is 0 Å². The normalized spacial score (nSPS) is 12.2. The number of ether oxygens (including phenoxy) is 1. The quantitative estimate of drug-likeness (QED) is 0.700. The first-order valence-electron chi connectivity index (χ1n) is 7.00. The molecule has 2 nitrogen and oxygen atoms in total. The highest BCUT2D eigenvalue weighted by Crippen LogP contribution is 2.27. The van der Waals surface area contributed by atoms with Crippen LogP contribution in [0, 0.1) is 3.57 Å². The Bertz CT molecular complexity index is 539. The molecule has 0 bridgehead atoms. The summed E-state index contributed by atoms with van der Waals surface area (Å²) in [5, 5.41) is 3.48. The van der Waals surface area contributed by atoms with E-state index in [9.17, 15) is 0 Å². The molecule has 2 rings (SSSR count). The fourth-order valence-electron chi connectivity index (χ4n) is 2.17. The van der Waals surface area contributed by atoms with Crippen molar-refractivity contribution in [2.75, 3.05) is 6.54 Å². The molecule has 0 aliphatic heterocycles. The molecule has 0 aliphatic rings. The maximum atomic E-state index is 5.91. The Labute approximate surface area is 134 Å². The van der Waals surface area contributed by atoms with Crippen molar-refractivity contribution in [3.05, 3.63) is 57.7 Å². The van der Waals surface area contributed by atoms with Crippen molar-refractivity contribution >= 4 is 22.6 Å². The first kappa shape index (κ1) is 15.3. The molecule has 2 aromatic carbocycles. The van der Waals surface area contributed by atoms with E-state index in [1.54, 1.807) is 0 Å². The molecule has 0 aliphatic carbocycles. The fraction of sp³-hybridized carbons (Fsp3) is 0.294. The standard InChI is InChI=1S/C17H20INO/c1-3-16(19-4-2)13-9-11-14(12-10-13)20-17-8-6-5-7-15(17)18/h5-12,16,19H,3-4H2,1-2H3. The van der Waals surface area contributed by atoms with Crippen molar-refractivity contribution < 1.29 is 4.74 Å². The third kappa shape index (κ3) is 3.96. The molecular weight excluding hydrogens is 361 g/mol. The molecule has 0 fully saturated rings. The average molecular weight is 381 g/mol. The molecule has 0 radical (unpaired) electrons. The molecule has 1 N–H and O–H groups in total. The zero-order valence-electron chi connectivity index (χ0n) is 11.9. The monoisotopic (exact) mass is 381 g/mol. The predicted octanol–water partition coefficient (Wildman–Crippen LogP) is 5.14. The smallest absolute Gasteiger partial charge is 0.140 e. The van der Waals surface area contributed by atoms with Crippen LogP contribution >= 0.6 is 22.6 Å². The molecule has 0 spiro atoms. The van der Waals surface area contributed by atoms with E-state index < -0.39 is 0 Å². The van der Waals surface area contributed by atoms with Gasteiger partial charge in [-0.2, -0.15) is 0 Å². The number of nitrogens with one attached hydrogen (secondary N) is 1. The Hall–Kier alpha value is -1.07. The molecule has 106 valence electrons. The van der Waals surface area contributed by atoms with E-state index >= 15 is 0 Å². The molecule has 1 atom stereocenters. The van der Waals surface area contributed by atoms with Crippen molar-refractivity contribution in [2.24, 2.45) is 0 Å². The summed E-state index contributed by atoms with van der Waals surface area (Å²) in [5.41, 5.74) is 1.31. The lowest BCUT2D eigenvalue weighted by Crippen LogP contribution is -2.19. The van der Waals surface area contributed by atoms with Crippen LogP contribution in [-0.2, 0) is 0 Å². The molecule has 0 saturated carbocycles. The van der Waals surface area contributed by atoms with Gasteiger partial charge in [-0.3, -0.25) is 0 Å². The molecule has 0 heterocycles. The van der Waals surface area contributed by atoms with Crippen LogP contribution in [0.25, 0.3) is 0 Å². The van der Waals surface area contributed by atoms with Crippen LogP contribution in [0.15, 0.2) is 48.5 Å². The number of para-hydroxylation sites is 1. The average Bonchev–Trinajstić information content (AvgIpc) is 2.48. The largest absolute Gasteiger partial charge is 0.456 e. The Morgan fingerprint density at radius 3 is 2.35 bits per heavy atom. The topological polar surface area (TPSA) is 21.3 Å². The van der Waals surface area contributed by atoms with Gasteiger partial charge in [-0.05, 0) is 65.4 Å². The van der Waals surface area contributed by atoms with E-state index in [-0.39, 0.29) is 0 Å². The van der Waals surface area contributed by atoms with Crippen LogP contribution in [-0.4, -0.2) is 6.54 Å². The van der Waals surface area contributed by atoms with Gasteiger partial charge in [0.15, 0.2) is 0 Å². The summed E-state index contributed by atoms with van der Waals surface area (Å²) in [5.74, 6) is 1.78. The third-order valence-corrected chi connectivity index (χ3v) is 4.10. The van der Waals surface area contributed by atoms with Gasteiger partial charge in [0.05, 0.1) is 3.57 Å². The van der Waals surface area contributed by atoms with Gasteiger partial charge in [-0.15, -0.1) is 0 Å². The highest BCUT2D eigenvalue weighted by atomic mass is 127. The Kier molecular flexibility index (Phi) is 5.86. The van der Waals surface area contributed by atoms with E-state index in [0.717, 1.165) is 28.0 Å². The SMILES string of the molecule is CCNC(CC)c1ccc(Oc2ccccc2I)cc1. The van der Waals surface area contributed by atoms with Crippen LogP contribution in [0.1, 0.15) is 31.9 Å². The lowest BCUT2D eigenvalue weighted by Gasteiger charge is -2.16. The number of rotatable bonds is 6. The summed E-state index contributed by atoms with van der Waals surface area (Å²) in [4.78, 5) is 0. The number of hydrogen-bond acceptors (Lipinski definition) is 2. The highest BCUT2D eigenvalue weighted by Gasteiger charge is 2.08. The molecule has 20 heavy (non-hydrogen) atoms. The van der Waals surface area contributed by atoms with Crippen LogP contribution in [0.3, 0.4) is 0 Å². The fourth-order valence-corrected chi connectivity index (χ4v) is 2.66. The van der Waals surface area contributed by atoms with Gasteiger partial charge in [0.1, 0.15) is 11.5 Å². The second kappa shape index (κ2) is 7.64. The van der Waals surface area contributed by atoms with E-state index in [0.29, 0.717) is 6.04 Å².